The summed E-state index contributed by atoms with van der Waals surface area (Å²) < 4.78 is 19.0. The molecule has 0 aliphatic carbocycles. The van der Waals surface area contributed by atoms with Gasteiger partial charge in [-0.3, -0.25) is 0 Å². The molecule has 0 atom stereocenters. The zero-order chi connectivity index (χ0) is 10.0. The molecule has 1 aromatic rings. The second kappa shape index (κ2) is 3.34. The lowest BCUT2D eigenvalue weighted by atomic mass is 10.3. The summed E-state index contributed by atoms with van der Waals surface area (Å²) in [6.07, 6.45) is 1.10. The molecular formula is C7H6ClNO2. The first kappa shape index (κ1) is 5.55. The molecule has 0 aliphatic heterocycles. The Hall–Kier alpha value is -1.09. The molecule has 0 fully saturated rings. The number of carbonyl (C=O) groups is 1. The highest BCUT2D eigenvalue weighted by Crippen LogP contribution is 2.07. The molecule has 58 valence electrons. The van der Waals surface area contributed by atoms with Gasteiger partial charge in [0.15, 0.2) is 0 Å². The average molecular weight is 174 g/mol. The summed E-state index contributed by atoms with van der Waals surface area (Å²) in [6.45, 7) is 0. The normalized spacial score (nSPS) is 11.8. The van der Waals surface area contributed by atoms with E-state index in [-0.39, 0.29) is 22.8 Å². The number of rotatable bonds is 1. The van der Waals surface area contributed by atoms with Crippen molar-refractivity contribution in [1.82, 2.24) is 4.98 Å². The van der Waals surface area contributed by atoms with Crippen molar-refractivity contribution in [1.29, 1.82) is 0 Å². The predicted octanol–water partition coefficient (Wildman–Crippen LogP) is 1.52. The van der Waals surface area contributed by atoms with E-state index in [0.717, 1.165) is 6.20 Å². The third kappa shape index (κ3) is 1.91. The molecule has 0 bridgehead atoms. The van der Waals surface area contributed by atoms with Gasteiger partial charge in [0, 0.05) is 6.20 Å². The Morgan fingerprint density at radius 1 is 1.91 bits per heavy atom. The fraction of sp³-hybridized carbons (Fsp3) is 0.143. The monoisotopic (exact) mass is 173 g/mol. The number of pyridine rings is 1. The molecule has 4 heteroatoms. The van der Waals surface area contributed by atoms with Gasteiger partial charge in [0.1, 0.15) is 5.15 Å². The first-order chi connectivity index (χ1) is 6.07. The smallest absolute Gasteiger partial charge is 0.338 e. The van der Waals surface area contributed by atoms with Gasteiger partial charge in [-0.05, 0) is 12.1 Å². The van der Waals surface area contributed by atoms with Gasteiger partial charge >= 0.3 is 5.97 Å². The molecule has 1 aromatic heterocycles. The van der Waals surface area contributed by atoms with E-state index in [1.807, 2.05) is 0 Å². The zero-order valence-corrected chi connectivity index (χ0v) is 6.47. The largest absolute Gasteiger partial charge is 0.465 e. The molecule has 0 aromatic carbocycles. The summed E-state index contributed by atoms with van der Waals surface area (Å²) >= 11 is 5.50. The first-order valence-corrected chi connectivity index (χ1v) is 3.15. The van der Waals surface area contributed by atoms with Crippen molar-refractivity contribution in [3.8, 4) is 0 Å². The second-order valence-corrected chi connectivity index (χ2v) is 2.04. The number of ether oxygens (including phenoxy) is 1. The van der Waals surface area contributed by atoms with Crippen molar-refractivity contribution in [2.75, 3.05) is 7.11 Å². The van der Waals surface area contributed by atoms with Crippen LogP contribution in [0.1, 0.15) is 13.1 Å². The van der Waals surface area contributed by atoms with Crippen LogP contribution in [0.25, 0.3) is 0 Å². The van der Waals surface area contributed by atoms with Crippen LogP contribution in [0.15, 0.2) is 18.3 Å². The number of nitrogens with zero attached hydrogens (tertiary/aromatic N) is 1. The van der Waals surface area contributed by atoms with Crippen molar-refractivity contribution >= 4 is 17.6 Å². The van der Waals surface area contributed by atoms with Gasteiger partial charge in [0.05, 0.1) is 15.4 Å². The van der Waals surface area contributed by atoms with E-state index in [9.17, 15) is 4.79 Å². The third-order valence-electron chi connectivity index (χ3n) is 1.00. The van der Waals surface area contributed by atoms with Crippen molar-refractivity contribution in [3.63, 3.8) is 0 Å². The average Bonchev–Trinajstić information content (AvgIpc) is 2.12. The SMILES string of the molecule is [2H]c1cnc(Cl)c([2H])c1C(=O)OC. The van der Waals surface area contributed by atoms with Gasteiger partial charge in [0.2, 0.25) is 0 Å². The Morgan fingerprint density at radius 2 is 2.64 bits per heavy atom. The third-order valence-corrected chi connectivity index (χ3v) is 1.20. The van der Waals surface area contributed by atoms with E-state index >= 15 is 0 Å². The Bertz CT molecular complexity index is 357. The lowest BCUT2D eigenvalue weighted by Gasteiger charge is -1.96. The van der Waals surface area contributed by atoms with Gasteiger partial charge in [0.25, 0.3) is 0 Å². The van der Waals surface area contributed by atoms with E-state index in [1.54, 1.807) is 0 Å². The molecule has 0 saturated heterocycles. The number of hydrogen-bond acceptors (Lipinski definition) is 3. The van der Waals surface area contributed by atoms with Gasteiger partial charge in [-0.2, -0.15) is 0 Å². The summed E-state index contributed by atoms with van der Waals surface area (Å²) in [5.74, 6) is -0.751. The highest BCUT2D eigenvalue weighted by Gasteiger charge is 2.04. The summed E-state index contributed by atoms with van der Waals surface area (Å²) in [5, 5.41) is -0.114. The Labute approximate surface area is 71.8 Å². The molecular weight excluding hydrogens is 166 g/mol. The van der Waals surface area contributed by atoms with Crippen molar-refractivity contribution in [2.45, 2.75) is 0 Å². The molecule has 0 spiro atoms. The maximum Gasteiger partial charge on any atom is 0.338 e. The van der Waals surface area contributed by atoms with Crippen LogP contribution in [0.4, 0.5) is 0 Å². The van der Waals surface area contributed by atoms with E-state index < -0.39 is 5.97 Å². The maximum atomic E-state index is 11.1. The van der Waals surface area contributed by atoms with Crippen LogP contribution in [0.5, 0.6) is 0 Å². The zero-order valence-electron chi connectivity index (χ0n) is 7.72. The van der Waals surface area contributed by atoms with Crippen LogP contribution in [0.2, 0.25) is 5.15 Å². The summed E-state index contributed by atoms with van der Waals surface area (Å²) in [5.41, 5.74) is -0.164. The van der Waals surface area contributed by atoms with Crippen LogP contribution in [0.3, 0.4) is 0 Å². The fourth-order valence-electron chi connectivity index (χ4n) is 0.537. The molecule has 0 saturated carbocycles. The lowest BCUT2D eigenvalue weighted by molar-refractivity contribution is 0.0600. The molecule has 1 heterocycles. The molecule has 0 amide bonds. The molecule has 0 N–H and O–H groups in total. The number of esters is 1. The highest BCUT2D eigenvalue weighted by molar-refractivity contribution is 6.29. The van der Waals surface area contributed by atoms with E-state index in [1.165, 1.54) is 7.11 Å². The molecule has 3 nitrogen and oxygen atoms in total. The highest BCUT2D eigenvalue weighted by atomic mass is 35.5. The summed E-state index contributed by atoms with van der Waals surface area (Å²) in [6, 6.07) is -0.442. The van der Waals surface area contributed by atoms with Crippen LogP contribution < -0.4 is 0 Å². The quantitative estimate of drug-likeness (QED) is 0.478. The molecule has 0 unspecified atom stereocenters. The van der Waals surface area contributed by atoms with Crippen molar-refractivity contribution < 1.29 is 12.3 Å². The first-order valence-electron chi connectivity index (χ1n) is 3.78. The van der Waals surface area contributed by atoms with E-state index in [4.69, 9.17) is 14.3 Å². The van der Waals surface area contributed by atoms with Gasteiger partial charge in [-0.15, -0.1) is 0 Å². The maximum absolute atomic E-state index is 11.1. The fourth-order valence-corrected chi connectivity index (χ4v) is 0.680. The predicted molar refractivity (Wildman–Crippen MR) is 40.6 cm³/mol. The van der Waals surface area contributed by atoms with E-state index in [2.05, 4.69) is 9.72 Å². The van der Waals surface area contributed by atoms with E-state index in [0.29, 0.717) is 0 Å². The van der Waals surface area contributed by atoms with Crippen molar-refractivity contribution in [2.24, 2.45) is 0 Å². The number of methoxy groups -OCH3 is 1. The Balaban J connectivity index is 3.33. The molecule has 0 aliphatic rings. The summed E-state index contributed by atoms with van der Waals surface area (Å²) in [7, 11) is 1.18. The lowest BCUT2D eigenvalue weighted by Crippen LogP contribution is -2.00. The number of hydrogen-bond donors (Lipinski definition) is 0. The second-order valence-electron chi connectivity index (χ2n) is 1.68. The minimum Gasteiger partial charge on any atom is -0.465 e. The minimum atomic E-state index is -0.751. The number of carbonyl (C=O) groups excluding carboxylic acids is 1. The van der Waals surface area contributed by atoms with Gasteiger partial charge in [-0.25, -0.2) is 9.78 Å². The molecule has 1 rings (SSSR count). The standard InChI is InChI=1S/C7H6ClNO2/c1-11-7(10)5-2-3-9-6(8)4-5/h2-4H,1H3/i2D,4D. The number of aromatic nitrogens is 1. The Kier molecular flexibility index (Phi) is 1.69. The molecule has 0 radical (unpaired) electrons. The van der Waals surface area contributed by atoms with Crippen LogP contribution in [-0.4, -0.2) is 18.1 Å². The van der Waals surface area contributed by atoms with Gasteiger partial charge < -0.3 is 4.74 Å². The molecule has 11 heavy (non-hydrogen) atoms. The minimum absolute atomic E-state index is 0.114. The van der Waals surface area contributed by atoms with Crippen LogP contribution >= 0.6 is 11.6 Å². The van der Waals surface area contributed by atoms with Crippen LogP contribution in [-0.2, 0) is 4.74 Å². The number of halogens is 1. The Morgan fingerprint density at radius 3 is 3.27 bits per heavy atom. The van der Waals surface area contributed by atoms with Crippen LogP contribution in [0, 0.1) is 0 Å². The van der Waals surface area contributed by atoms with Gasteiger partial charge in [-0.1, -0.05) is 11.6 Å². The van der Waals surface area contributed by atoms with Crippen molar-refractivity contribution in [3.05, 3.63) is 29.0 Å². The summed E-state index contributed by atoms with van der Waals surface area (Å²) in [4.78, 5) is 14.6. The topological polar surface area (TPSA) is 39.2 Å².